The van der Waals surface area contributed by atoms with Gasteiger partial charge in [0.05, 0.1) is 0 Å². The van der Waals surface area contributed by atoms with Crippen LogP contribution < -0.4 is 0 Å². The topological polar surface area (TPSA) is 0 Å². The smallest absolute Gasteiger partial charge is 0.0233 e. The first-order valence-corrected chi connectivity index (χ1v) is 7.10. The highest BCUT2D eigenvalue weighted by Gasteiger charge is 2.73. The summed E-state index contributed by atoms with van der Waals surface area (Å²) < 4.78 is 0. The van der Waals surface area contributed by atoms with Crippen LogP contribution in [0.4, 0.5) is 0 Å². The fraction of sp³-hybridized carbons (Fsp3) is 1.00. The predicted molar refractivity (Wildman–Crippen MR) is 62.4 cm³/mol. The molecule has 4 rings (SSSR count). The molecule has 15 heavy (non-hydrogen) atoms. The molecule has 0 aromatic carbocycles. The minimum atomic E-state index is 0.754. The predicted octanol–water partition coefficient (Wildman–Crippen LogP) is 4.10. The molecule has 0 nitrogen and oxygen atoms in total. The summed E-state index contributed by atoms with van der Waals surface area (Å²) in [6.07, 6.45) is 7.85. The van der Waals surface area contributed by atoms with Gasteiger partial charge in [-0.3, -0.25) is 0 Å². The van der Waals surface area contributed by atoms with Crippen LogP contribution in [0.1, 0.15) is 52.9 Å². The molecule has 4 fully saturated rings. The zero-order valence-corrected chi connectivity index (χ0v) is 10.4. The van der Waals surface area contributed by atoms with Gasteiger partial charge in [0.1, 0.15) is 0 Å². The Kier molecular flexibility index (Phi) is 1.40. The van der Waals surface area contributed by atoms with Gasteiger partial charge >= 0.3 is 0 Å². The molecular formula is C15H24. The van der Waals surface area contributed by atoms with E-state index < -0.39 is 0 Å². The average molecular weight is 204 g/mol. The summed E-state index contributed by atoms with van der Waals surface area (Å²) in [6, 6.07) is 0. The molecule has 6 atom stereocenters. The van der Waals surface area contributed by atoms with Gasteiger partial charge in [-0.2, -0.15) is 0 Å². The van der Waals surface area contributed by atoms with Gasteiger partial charge in [-0.05, 0) is 66.1 Å². The Hall–Kier alpha value is 0. The Bertz CT molecular complexity index is 314. The van der Waals surface area contributed by atoms with Crippen molar-refractivity contribution < 1.29 is 0 Å². The number of fused-ring (bicyclic) bond motifs is 4. The van der Waals surface area contributed by atoms with E-state index in [1.807, 2.05) is 0 Å². The molecule has 0 aromatic heterocycles. The Balaban J connectivity index is 1.81. The summed E-state index contributed by atoms with van der Waals surface area (Å²) in [7, 11) is 0. The maximum Gasteiger partial charge on any atom is -0.0233 e. The molecule has 1 spiro atoms. The fourth-order valence-corrected chi connectivity index (χ4v) is 6.34. The van der Waals surface area contributed by atoms with Crippen LogP contribution in [0, 0.1) is 40.4 Å². The number of rotatable bonds is 0. The van der Waals surface area contributed by atoms with Crippen LogP contribution in [-0.4, -0.2) is 0 Å². The first kappa shape index (κ1) is 9.07. The van der Waals surface area contributed by atoms with E-state index in [0.717, 1.165) is 40.4 Å². The normalized spacial score (nSPS) is 63.8. The summed E-state index contributed by atoms with van der Waals surface area (Å²) >= 11 is 0. The molecule has 0 amide bonds. The van der Waals surface area contributed by atoms with Crippen molar-refractivity contribution >= 4 is 0 Å². The highest BCUT2D eigenvalue weighted by molar-refractivity contribution is 5.22. The zero-order chi connectivity index (χ0) is 10.4. The second-order valence-electron chi connectivity index (χ2n) is 7.42. The van der Waals surface area contributed by atoms with E-state index in [0.29, 0.717) is 0 Å². The van der Waals surface area contributed by atoms with Gasteiger partial charge in [-0.15, -0.1) is 0 Å². The van der Waals surface area contributed by atoms with E-state index in [1.54, 1.807) is 25.7 Å². The molecule has 0 radical (unpaired) electrons. The monoisotopic (exact) mass is 204 g/mol. The molecule has 0 aliphatic heterocycles. The average Bonchev–Trinajstić information content (AvgIpc) is 2.82. The minimum absolute atomic E-state index is 0.754. The molecule has 0 heteroatoms. The highest BCUT2D eigenvalue weighted by atomic mass is 14.8. The summed E-state index contributed by atoms with van der Waals surface area (Å²) in [5.74, 6) is 5.43. The van der Waals surface area contributed by atoms with E-state index in [1.165, 1.54) is 6.42 Å². The summed E-state index contributed by atoms with van der Waals surface area (Å²) in [6.45, 7) is 7.81. The van der Waals surface area contributed by atoms with E-state index in [9.17, 15) is 0 Å². The van der Waals surface area contributed by atoms with Gasteiger partial charge in [0.15, 0.2) is 0 Å². The standard InChI is InChI=1S/C15H24/c1-9-10(2)15(5-4-6-15)13-8-11-7-12(11)14(9,13)3/h9-13H,4-8H2,1-3H3. The lowest BCUT2D eigenvalue weighted by Gasteiger charge is -2.48. The van der Waals surface area contributed by atoms with Crippen molar-refractivity contribution in [2.75, 3.05) is 0 Å². The molecule has 6 unspecified atom stereocenters. The van der Waals surface area contributed by atoms with Crippen LogP contribution >= 0.6 is 0 Å². The Morgan fingerprint density at radius 1 is 1.00 bits per heavy atom. The van der Waals surface area contributed by atoms with Gasteiger partial charge < -0.3 is 0 Å². The van der Waals surface area contributed by atoms with Crippen LogP contribution in [0.2, 0.25) is 0 Å². The molecule has 4 saturated carbocycles. The summed E-state index contributed by atoms with van der Waals surface area (Å²) in [5, 5.41) is 0. The quantitative estimate of drug-likeness (QED) is 0.557. The molecule has 84 valence electrons. The van der Waals surface area contributed by atoms with Gasteiger partial charge in [0.2, 0.25) is 0 Å². The third-order valence-corrected chi connectivity index (χ3v) is 7.63. The lowest BCUT2D eigenvalue weighted by Crippen LogP contribution is -2.40. The Morgan fingerprint density at radius 3 is 2.33 bits per heavy atom. The van der Waals surface area contributed by atoms with E-state index >= 15 is 0 Å². The van der Waals surface area contributed by atoms with Gasteiger partial charge in [-0.25, -0.2) is 0 Å². The second-order valence-corrected chi connectivity index (χ2v) is 7.42. The van der Waals surface area contributed by atoms with Crippen LogP contribution in [0.15, 0.2) is 0 Å². The van der Waals surface area contributed by atoms with Gasteiger partial charge in [0.25, 0.3) is 0 Å². The zero-order valence-electron chi connectivity index (χ0n) is 10.4. The van der Waals surface area contributed by atoms with Crippen molar-refractivity contribution in [2.45, 2.75) is 52.9 Å². The van der Waals surface area contributed by atoms with Crippen LogP contribution in [-0.2, 0) is 0 Å². The molecule has 0 bridgehead atoms. The van der Waals surface area contributed by atoms with E-state index in [2.05, 4.69) is 20.8 Å². The molecule has 4 aliphatic rings. The third kappa shape index (κ3) is 0.746. The SMILES string of the molecule is CC1C(C)C2(C)C3CC3CC2C12CCC2. The second kappa shape index (κ2) is 2.31. The first-order valence-electron chi connectivity index (χ1n) is 7.10. The van der Waals surface area contributed by atoms with Gasteiger partial charge in [-0.1, -0.05) is 27.2 Å². The maximum absolute atomic E-state index is 2.66. The first-order chi connectivity index (χ1) is 7.10. The van der Waals surface area contributed by atoms with Crippen LogP contribution in [0.3, 0.4) is 0 Å². The molecule has 4 aliphatic carbocycles. The third-order valence-electron chi connectivity index (χ3n) is 7.63. The summed E-state index contributed by atoms with van der Waals surface area (Å²) in [5.41, 5.74) is 1.58. The van der Waals surface area contributed by atoms with Gasteiger partial charge in [0, 0.05) is 0 Å². The molecule has 0 aromatic rings. The highest BCUT2D eigenvalue weighted by Crippen LogP contribution is 2.80. The number of hydrogen-bond acceptors (Lipinski definition) is 0. The van der Waals surface area contributed by atoms with Crippen molar-refractivity contribution in [1.29, 1.82) is 0 Å². The van der Waals surface area contributed by atoms with Crippen LogP contribution in [0.25, 0.3) is 0 Å². The van der Waals surface area contributed by atoms with Crippen molar-refractivity contribution in [1.82, 2.24) is 0 Å². The van der Waals surface area contributed by atoms with Crippen molar-refractivity contribution in [3.8, 4) is 0 Å². The van der Waals surface area contributed by atoms with Crippen molar-refractivity contribution in [2.24, 2.45) is 40.4 Å². The largest absolute Gasteiger partial charge is 0.0617 e. The maximum atomic E-state index is 2.66. The Morgan fingerprint density at radius 2 is 1.73 bits per heavy atom. The minimum Gasteiger partial charge on any atom is -0.0617 e. The molecule has 0 N–H and O–H groups in total. The van der Waals surface area contributed by atoms with Crippen molar-refractivity contribution in [3.05, 3.63) is 0 Å². The fourth-order valence-electron chi connectivity index (χ4n) is 6.34. The molecule has 0 saturated heterocycles. The van der Waals surface area contributed by atoms with Crippen LogP contribution in [0.5, 0.6) is 0 Å². The lowest BCUT2D eigenvalue weighted by molar-refractivity contribution is 0.0102. The molecular weight excluding hydrogens is 180 g/mol. The summed E-state index contributed by atoms with van der Waals surface area (Å²) in [4.78, 5) is 0. The molecule has 0 heterocycles. The van der Waals surface area contributed by atoms with Crippen molar-refractivity contribution in [3.63, 3.8) is 0 Å². The van der Waals surface area contributed by atoms with E-state index in [-0.39, 0.29) is 0 Å². The lowest BCUT2D eigenvalue weighted by atomic mass is 9.56. The van der Waals surface area contributed by atoms with E-state index in [4.69, 9.17) is 0 Å². The Labute approximate surface area is 93.8 Å². The number of hydrogen-bond donors (Lipinski definition) is 0.